The number of nitrogens with zero attached hydrogens (tertiary/aromatic N) is 8. The molecule has 3 aromatic heterocycles. The van der Waals surface area contributed by atoms with E-state index in [2.05, 4.69) is 46.9 Å². The summed E-state index contributed by atoms with van der Waals surface area (Å²) in [4.78, 5) is 48.6. The summed E-state index contributed by atoms with van der Waals surface area (Å²) in [6.07, 6.45) is 0. The molecule has 0 atom stereocenters. The SMILES string of the molecule is Cc1c(Cl)c([N+](=O)[O-])nn1CC(=O)NCCNC(=O)c1nc(Cn2nc([N+](=O)[O-])c(Br)c2C)no1. The smallest absolute Gasteiger partial charge is 0.358 e. The van der Waals surface area contributed by atoms with E-state index in [0.29, 0.717) is 5.69 Å². The van der Waals surface area contributed by atoms with Crippen LogP contribution in [0.5, 0.6) is 0 Å². The maximum atomic E-state index is 12.2. The van der Waals surface area contributed by atoms with Gasteiger partial charge in [0.05, 0.1) is 21.6 Å². The summed E-state index contributed by atoms with van der Waals surface area (Å²) in [5, 5.41) is 37.9. The Morgan fingerprint density at radius 1 is 1.06 bits per heavy atom. The number of amides is 2. The normalized spacial score (nSPS) is 10.9. The van der Waals surface area contributed by atoms with Crippen molar-refractivity contribution in [3.05, 3.63) is 52.8 Å². The van der Waals surface area contributed by atoms with Crippen molar-refractivity contribution in [2.75, 3.05) is 13.1 Å². The molecule has 19 heteroatoms. The Labute approximate surface area is 208 Å². The predicted molar refractivity (Wildman–Crippen MR) is 119 cm³/mol. The zero-order valence-electron chi connectivity index (χ0n) is 18.0. The molecular weight excluding hydrogens is 560 g/mol. The van der Waals surface area contributed by atoms with Crippen LogP contribution in [-0.2, 0) is 17.9 Å². The molecule has 0 unspecified atom stereocenters. The van der Waals surface area contributed by atoms with Gasteiger partial charge in [0.15, 0.2) is 10.8 Å². The average Bonchev–Trinajstić information content (AvgIpc) is 3.46. The lowest BCUT2D eigenvalue weighted by Gasteiger charge is -2.05. The third-order valence-corrected chi connectivity index (χ3v) is 5.93. The first-order chi connectivity index (χ1) is 16.5. The number of carbonyl (C=O) groups is 2. The van der Waals surface area contributed by atoms with Gasteiger partial charge in [0.2, 0.25) is 5.91 Å². The molecule has 0 spiro atoms. The zero-order chi connectivity index (χ0) is 25.9. The molecule has 0 saturated heterocycles. The number of nitro groups is 2. The molecule has 0 radical (unpaired) electrons. The molecule has 3 rings (SSSR count). The van der Waals surface area contributed by atoms with Gasteiger partial charge in [0, 0.05) is 13.1 Å². The monoisotopic (exact) mass is 574 g/mol. The highest BCUT2D eigenvalue weighted by Gasteiger charge is 2.26. The summed E-state index contributed by atoms with van der Waals surface area (Å²) >= 11 is 8.93. The Hall–Kier alpha value is -3.93. The van der Waals surface area contributed by atoms with E-state index < -0.39 is 27.5 Å². The topological polar surface area (TPSA) is 219 Å². The Bertz CT molecular complexity index is 1320. The Balaban J connectivity index is 1.48. The van der Waals surface area contributed by atoms with Crippen LogP contribution in [-0.4, -0.2) is 64.5 Å². The second-order valence-electron chi connectivity index (χ2n) is 6.90. The number of carbonyl (C=O) groups excluding carboxylic acids is 2. The van der Waals surface area contributed by atoms with Crippen molar-refractivity contribution < 1.29 is 24.0 Å². The summed E-state index contributed by atoms with van der Waals surface area (Å²) in [6.45, 7) is 2.77. The molecule has 0 aliphatic carbocycles. The molecule has 35 heavy (non-hydrogen) atoms. The van der Waals surface area contributed by atoms with Gasteiger partial charge in [-0.2, -0.15) is 14.3 Å². The van der Waals surface area contributed by atoms with E-state index in [1.807, 2.05) is 0 Å². The van der Waals surface area contributed by atoms with E-state index in [9.17, 15) is 29.8 Å². The lowest BCUT2D eigenvalue weighted by molar-refractivity contribution is -0.390. The van der Waals surface area contributed by atoms with Gasteiger partial charge in [-0.15, -0.1) is 0 Å². The van der Waals surface area contributed by atoms with E-state index in [0.717, 1.165) is 4.68 Å². The fourth-order valence-electron chi connectivity index (χ4n) is 2.75. The molecule has 0 aliphatic rings. The molecule has 0 bridgehead atoms. The van der Waals surface area contributed by atoms with Gasteiger partial charge >= 0.3 is 23.4 Å². The van der Waals surface area contributed by atoms with E-state index in [-0.39, 0.29) is 58.9 Å². The van der Waals surface area contributed by atoms with Crippen LogP contribution >= 0.6 is 27.5 Å². The first kappa shape index (κ1) is 25.7. The van der Waals surface area contributed by atoms with Crippen molar-refractivity contribution in [3.8, 4) is 0 Å². The van der Waals surface area contributed by atoms with Gasteiger partial charge in [0.1, 0.15) is 17.6 Å². The average molecular weight is 576 g/mol. The molecule has 17 nitrogen and oxygen atoms in total. The molecule has 0 fully saturated rings. The van der Waals surface area contributed by atoms with Gasteiger partial charge in [0.25, 0.3) is 0 Å². The van der Waals surface area contributed by atoms with E-state index in [4.69, 9.17) is 16.1 Å². The van der Waals surface area contributed by atoms with Crippen LogP contribution in [0.2, 0.25) is 5.02 Å². The molecule has 0 saturated carbocycles. The van der Waals surface area contributed by atoms with Crippen molar-refractivity contribution in [1.29, 1.82) is 0 Å². The van der Waals surface area contributed by atoms with Crippen LogP contribution in [0, 0.1) is 34.1 Å². The lowest BCUT2D eigenvalue weighted by atomic mass is 10.4. The largest absolute Gasteiger partial charge is 0.408 e. The number of rotatable bonds is 10. The van der Waals surface area contributed by atoms with Crippen molar-refractivity contribution in [2.45, 2.75) is 26.9 Å². The number of aromatic nitrogens is 6. The quantitative estimate of drug-likeness (QED) is 0.196. The summed E-state index contributed by atoms with van der Waals surface area (Å²) in [5.41, 5.74) is 0.728. The third-order valence-electron chi connectivity index (χ3n) is 4.56. The standard InChI is InChI=1S/C16H16BrClN10O7/c1-7-11(17)13(27(31)32)22-25(7)5-9-21-16(35-24-9)15(30)20-4-3-19-10(29)6-26-8(2)12(18)14(23-26)28(33)34/h3-6H2,1-2H3,(H,19,29)(H,20,30). The van der Waals surface area contributed by atoms with Crippen molar-refractivity contribution >= 4 is 51.0 Å². The molecule has 0 aliphatic heterocycles. The lowest BCUT2D eigenvalue weighted by Crippen LogP contribution is -2.36. The predicted octanol–water partition coefficient (Wildman–Crippen LogP) is 0.906. The summed E-state index contributed by atoms with van der Waals surface area (Å²) in [5.74, 6) is -2.40. The second kappa shape index (κ2) is 10.6. The summed E-state index contributed by atoms with van der Waals surface area (Å²) < 4.78 is 7.50. The minimum absolute atomic E-state index is 0.0126. The highest BCUT2D eigenvalue weighted by Crippen LogP contribution is 2.27. The second-order valence-corrected chi connectivity index (χ2v) is 8.07. The summed E-state index contributed by atoms with van der Waals surface area (Å²) in [7, 11) is 0. The van der Waals surface area contributed by atoms with Crippen molar-refractivity contribution in [1.82, 2.24) is 40.3 Å². The summed E-state index contributed by atoms with van der Waals surface area (Å²) in [6, 6.07) is 0. The zero-order valence-corrected chi connectivity index (χ0v) is 20.4. The Morgan fingerprint density at radius 2 is 1.69 bits per heavy atom. The van der Waals surface area contributed by atoms with Crippen molar-refractivity contribution in [3.63, 3.8) is 0 Å². The fraction of sp³-hybridized carbons (Fsp3) is 0.375. The van der Waals surface area contributed by atoms with Crippen molar-refractivity contribution in [2.24, 2.45) is 0 Å². The number of nitrogens with one attached hydrogen (secondary N) is 2. The van der Waals surface area contributed by atoms with Crippen LogP contribution in [0.15, 0.2) is 9.00 Å². The fourth-order valence-corrected chi connectivity index (χ4v) is 3.38. The molecule has 2 N–H and O–H groups in total. The van der Waals surface area contributed by atoms with Crippen LogP contribution < -0.4 is 10.6 Å². The third kappa shape index (κ3) is 5.77. The molecule has 2 amide bonds. The van der Waals surface area contributed by atoms with Crippen LogP contribution in [0.25, 0.3) is 0 Å². The first-order valence-corrected chi connectivity index (χ1v) is 10.8. The van der Waals surface area contributed by atoms with Gasteiger partial charge in [-0.3, -0.25) is 9.59 Å². The number of hydrogen-bond acceptors (Lipinski definition) is 11. The molecular formula is C16H16BrClN10O7. The Kier molecular flexibility index (Phi) is 7.75. The van der Waals surface area contributed by atoms with E-state index >= 15 is 0 Å². The molecule has 3 aromatic rings. The minimum atomic E-state index is -0.749. The highest BCUT2D eigenvalue weighted by atomic mass is 79.9. The minimum Gasteiger partial charge on any atom is -0.358 e. The number of halogens is 2. The highest BCUT2D eigenvalue weighted by molar-refractivity contribution is 9.10. The maximum Gasteiger partial charge on any atom is 0.408 e. The molecule has 3 heterocycles. The van der Waals surface area contributed by atoms with Crippen LogP contribution in [0.4, 0.5) is 11.6 Å². The molecule has 0 aromatic carbocycles. The van der Waals surface area contributed by atoms with Gasteiger partial charge < -0.3 is 35.4 Å². The first-order valence-electron chi connectivity index (χ1n) is 9.61. The van der Waals surface area contributed by atoms with Gasteiger partial charge in [-0.05, 0) is 39.6 Å². The van der Waals surface area contributed by atoms with Gasteiger partial charge in [-0.1, -0.05) is 16.8 Å². The number of hydrogen-bond donors (Lipinski definition) is 2. The van der Waals surface area contributed by atoms with Crippen LogP contribution in [0.1, 0.15) is 27.9 Å². The van der Waals surface area contributed by atoms with E-state index in [1.165, 1.54) is 11.6 Å². The molecule has 186 valence electrons. The maximum absolute atomic E-state index is 12.2. The Morgan fingerprint density at radius 3 is 2.29 bits per heavy atom. The van der Waals surface area contributed by atoms with Gasteiger partial charge in [-0.25, -0.2) is 0 Å². The van der Waals surface area contributed by atoms with E-state index in [1.54, 1.807) is 6.92 Å². The van der Waals surface area contributed by atoms with Crippen LogP contribution in [0.3, 0.4) is 0 Å².